The summed E-state index contributed by atoms with van der Waals surface area (Å²) in [7, 11) is 1.57. The summed E-state index contributed by atoms with van der Waals surface area (Å²) >= 11 is 12.1. The number of hydrogen-bond acceptors (Lipinski definition) is 2. The number of hydrogen-bond donors (Lipinski definition) is 0. The summed E-state index contributed by atoms with van der Waals surface area (Å²) in [4.78, 5) is 13.4. The Morgan fingerprint density at radius 1 is 1.47 bits per heavy atom. The van der Waals surface area contributed by atoms with Gasteiger partial charge < -0.3 is 9.64 Å². The van der Waals surface area contributed by atoms with Gasteiger partial charge in [-0.15, -0.1) is 11.6 Å². The van der Waals surface area contributed by atoms with E-state index < -0.39 is 0 Å². The van der Waals surface area contributed by atoms with Gasteiger partial charge in [0.2, 0.25) is 5.91 Å². The quantitative estimate of drug-likeness (QED) is 0.776. The van der Waals surface area contributed by atoms with Gasteiger partial charge in [0.15, 0.2) is 0 Å². The van der Waals surface area contributed by atoms with Gasteiger partial charge >= 0.3 is 0 Å². The lowest BCUT2D eigenvalue weighted by atomic mass is 10.1. The lowest BCUT2D eigenvalue weighted by Gasteiger charge is -2.19. The average Bonchev–Trinajstić information content (AvgIpc) is 2.60. The standard InChI is InChI=1S/C12H13Cl2NO2/c1-7-3-11(17-2)9(14)5-10(7)15-6-8(13)4-12(15)16/h3,5,8H,4,6H2,1-2H3. The van der Waals surface area contributed by atoms with Gasteiger partial charge in [-0.25, -0.2) is 0 Å². The molecule has 0 aromatic heterocycles. The minimum absolute atomic E-state index is 0.0364. The van der Waals surface area contributed by atoms with Crippen LogP contribution in [0.25, 0.3) is 0 Å². The van der Waals surface area contributed by atoms with E-state index in [0.717, 1.165) is 11.3 Å². The Balaban J connectivity index is 2.39. The molecule has 1 atom stereocenters. The number of ether oxygens (including phenoxy) is 1. The Morgan fingerprint density at radius 3 is 2.71 bits per heavy atom. The smallest absolute Gasteiger partial charge is 0.228 e. The van der Waals surface area contributed by atoms with Crippen LogP contribution in [0.4, 0.5) is 5.69 Å². The van der Waals surface area contributed by atoms with Gasteiger partial charge in [-0.2, -0.15) is 0 Å². The van der Waals surface area contributed by atoms with Crippen LogP contribution in [0.15, 0.2) is 12.1 Å². The van der Waals surface area contributed by atoms with E-state index in [1.165, 1.54) is 0 Å². The third-order valence-corrected chi connectivity index (χ3v) is 3.43. The first-order valence-electron chi connectivity index (χ1n) is 5.31. The summed E-state index contributed by atoms with van der Waals surface area (Å²) in [6.45, 7) is 2.45. The first-order chi connectivity index (χ1) is 8.02. The van der Waals surface area contributed by atoms with Crippen molar-refractivity contribution in [3.8, 4) is 5.75 Å². The highest BCUT2D eigenvalue weighted by atomic mass is 35.5. The number of methoxy groups -OCH3 is 1. The monoisotopic (exact) mass is 273 g/mol. The molecular weight excluding hydrogens is 261 g/mol. The van der Waals surface area contributed by atoms with Crippen LogP contribution in [0.5, 0.6) is 5.75 Å². The highest BCUT2D eigenvalue weighted by Gasteiger charge is 2.30. The number of benzene rings is 1. The van der Waals surface area contributed by atoms with Crippen LogP contribution in [0.1, 0.15) is 12.0 Å². The lowest BCUT2D eigenvalue weighted by Crippen LogP contribution is -2.25. The SMILES string of the molecule is COc1cc(C)c(N2CC(Cl)CC2=O)cc1Cl. The zero-order chi connectivity index (χ0) is 12.6. The molecule has 2 rings (SSSR count). The molecule has 1 aromatic carbocycles. The number of nitrogens with zero attached hydrogens (tertiary/aromatic N) is 1. The van der Waals surface area contributed by atoms with Crippen LogP contribution in [0, 0.1) is 6.92 Å². The predicted molar refractivity (Wildman–Crippen MR) is 69.4 cm³/mol. The summed E-state index contributed by atoms with van der Waals surface area (Å²) < 4.78 is 5.13. The van der Waals surface area contributed by atoms with Gasteiger partial charge in [0, 0.05) is 18.7 Å². The summed E-state index contributed by atoms with van der Waals surface area (Å²) in [5, 5.41) is 0.377. The molecule has 17 heavy (non-hydrogen) atoms. The molecule has 0 spiro atoms. The van der Waals surface area contributed by atoms with Crippen LogP contribution in [-0.2, 0) is 4.79 Å². The highest BCUT2D eigenvalue weighted by Crippen LogP contribution is 2.35. The Kier molecular flexibility index (Phi) is 3.50. The number of halogens is 2. The third-order valence-electron chi connectivity index (χ3n) is 2.84. The third kappa shape index (κ3) is 2.35. The average molecular weight is 274 g/mol. The van der Waals surface area contributed by atoms with E-state index in [2.05, 4.69) is 0 Å². The second kappa shape index (κ2) is 4.75. The van der Waals surface area contributed by atoms with Crippen LogP contribution in [0.2, 0.25) is 5.02 Å². The molecule has 1 fully saturated rings. The molecule has 1 amide bonds. The number of rotatable bonds is 2. The molecule has 5 heteroatoms. The summed E-state index contributed by atoms with van der Waals surface area (Å²) in [5.41, 5.74) is 1.76. The first kappa shape index (κ1) is 12.5. The topological polar surface area (TPSA) is 29.5 Å². The number of alkyl halides is 1. The fourth-order valence-electron chi connectivity index (χ4n) is 1.99. The van der Waals surface area contributed by atoms with Gasteiger partial charge in [0.05, 0.1) is 17.5 Å². The molecule has 0 saturated carbocycles. The zero-order valence-electron chi connectivity index (χ0n) is 9.67. The maximum atomic E-state index is 11.8. The number of carbonyl (C=O) groups is 1. The van der Waals surface area contributed by atoms with Crippen molar-refractivity contribution in [2.24, 2.45) is 0 Å². The van der Waals surface area contributed by atoms with E-state index in [4.69, 9.17) is 27.9 Å². The molecule has 92 valence electrons. The van der Waals surface area contributed by atoms with Crippen molar-refractivity contribution in [1.29, 1.82) is 0 Å². The van der Waals surface area contributed by atoms with Gasteiger partial charge in [0.1, 0.15) is 5.75 Å². The Hall–Kier alpha value is -0.930. The van der Waals surface area contributed by atoms with E-state index in [-0.39, 0.29) is 11.3 Å². The second-order valence-electron chi connectivity index (χ2n) is 4.08. The maximum absolute atomic E-state index is 11.8. The van der Waals surface area contributed by atoms with Crippen molar-refractivity contribution in [1.82, 2.24) is 0 Å². The molecule has 1 aliphatic rings. The molecule has 0 bridgehead atoms. The Bertz CT molecular complexity index is 462. The normalized spacial score (nSPS) is 19.9. The van der Waals surface area contributed by atoms with Gasteiger partial charge in [-0.1, -0.05) is 11.6 Å². The number of aryl methyl sites for hydroxylation is 1. The zero-order valence-corrected chi connectivity index (χ0v) is 11.2. The van der Waals surface area contributed by atoms with Crippen molar-refractivity contribution < 1.29 is 9.53 Å². The molecule has 1 aromatic rings. The summed E-state index contributed by atoms with van der Waals surface area (Å²) in [6.07, 6.45) is 0.380. The molecule has 0 N–H and O–H groups in total. The van der Waals surface area contributed by atoms with Gasteiger partial charge in [-0.3, -0.25) is 4.79 Å². The molecule has 1 aliphatic heterocycles. The fraction of sp³-hybridized carbons (Fsp3) is 0.417. The molecular formula is C12H13Cl2NO2. The molecule has 0 aliphatic carbocycles. The van der Waals surface area contributed by atoms with Crippen molar-refractivity contribution in [3.63, 3.8) is 0 Å². The Labute approximate surface area is 110 Å². The Morgan fingerprint density at radius 2 is 2.18 bits per heavy atom. The van der Waals surface area contributed by atoms with Crippen LogP contribution in [0.3, 0.4) is 0 Å². The van der Waals surface area contributed by atoms with E-state index in [9.17, 15) is 4.79 Å². The van der Waals surface area contributed by atoms with Gasteiger partial charge in [0.25, 0.3) is 0 Å². The van der Waals surface area contributed by atoms with E-state index in [1.54, 1.807) is 18.1 Å². The number of amides is 1. The molecule has 3 nitrogen and oxygen atoms in total. The van der Waals surface area contributed by atoms with E-state index in [0.29, 0.717) is 23.7 Å². The molecule has 1 unspecified atom stereocenters. The van der Waals surface area contributed by atoms with Crippen molar-refractivity contribution in [2.45, 2.75) is 18.7 Å². The molecule has 1 saturated heterocycles. The van der Waals surface area contributed by atoms with Gasteiger partial charge in [-0.05, 0) is 24.6 Å². The van der Waals surface area contributed by atoms with E-state index in [1.807, 2.05) is 13.0 Å². The van der Waals surface area contributed by atoms with Crippen molar-refractivity contribution in [3.05, 3.63) is 22.7 Å². The minimum atomic E-state index is -0.122. The van der Waals surface area contributed by atoms with Crippen LogP contribution < -0.4 is 9.64 Å². The largest absolute Gasteiger partial charge is 0.495 e. The number of carbonyl (C=O) groups excluding carboxylic acids is 1. The van der Waals surface area contributed by atoms with Crippen molar-refractivity contribution >= 4 is 34.8 Å². The summed E-state index contributed by atoms with van der Waals surface area (Å²) in [6, 6.07) is 3.58. The minimum Gasteiger partial charge on any atom is -0.495 e. The van der Waals surface area contributed by atoms with Crippen LogP contribution >= 0.6 is 23.2 Å². The maximum Gasteiger partial charge on any atom is 0.228 e. The lowest BCUT2D eigenvalue weighted by molar-refractivity contribution is -0.117. The van der Waals surface area contributed by atoms with E-state index >= 15 is 0 Å². The van der Waals surface area contributed by atoms with Crippen LogP contribution in [-0.4, -0.2) is 24.9 Å². The first-order valence-corrected chi connectivity index (χ1v) is 6.13. The highest BCUT2D eigenvalue weighted by molar-refractivity contribution is 6.32. The fourth-order valence-corrected chi connectivity index (χ4v) is 2.49. The molecule has 1 heterocycles. The van der Waals surface area contributed by atoms with Crippen molar-refractivity contribution in [2.75, 3.05) is 18.6 Å². The number of anilines is 1. The molecule has 0 radical (unpaired) electrons. The summed E-state index contributed by atoms with van der Waals surface area (Å²) in [5.74, 6) is 0.649. The predicted octanol–water partition coefficient (Wildman–Crippen LogP) is 3.00. The second-order valence-corrected chi connectivity index (χ2v) is 5.10.